The van der Waals surface area contributed by atoms with Gasteiger partial charge in [0.2, 0.25) is 0 Å². The number of hydrogen-bond acceptors (Lipinski definition) is 10. The van der Waals surface area contributed by atoms with E-state index in [2.05, 4.69) is 15.0 Å². The van der Waals surface area contributed by atoms with E-state index in [1.807, 2.05) is 18.2 Å². The fourth-order valence-corrected chi connectivity index (χ4v) is 4.49. The van der Waals surface area contributed by atoms with Crippen LogP contribution in [0.4, 0.5) is 5.82 Å². The lowest BCUT2D eigenvalue weighted by molar-refractivity contribution is -0.0289. The fraction of sp³-hybridized carbons (Fsp3) is 0.421. The Morgan fingerprint density at radius 2 is 2.00 bits per heavy atom. The molecule has 0 saturated carbocycles. The van der Waals surface area contributed by atoms with Crippen LogP contribution in [0.2, 0.25) is 0 Å². The molecule has 0 aliphatic carbocycles. The van der Waals surface area contributed by atoms with Crippen molar-refractivity contribution in [3.05, 3.63) is 36.4 Å². The number of methoxy groups -OCH3 is 2. The Balaban J connectivity index is 1.43. The van der Waals surface area contributed by atoms with Crippen LogP contribution in [0.3, 0.4) is 0 Å². The number of aliphatic hydroxyl groups excluding tert-OH is 2. The number of benzene rings is 1. The predicted molar refractivity (Wildman–Crippen MR) is 111 cm³/mol. The second-order valence-corrected chi connectivity index (χ2v) is 7.85. The summed E-state index contributed by atoms with van der Waals surface area (Å²) in [6, 6.07) is 5.64. The standard InChI is InChI=1S/C19H23N5O5S/c1-27-11-4-3-10(12(5-11)28-2)6-30-7-13-15(25)16(26)19(29-13)24-9-23-14-17(20)21-8-22-18(14)24/h3-5,8-9,13,15-16,19,25-26H,6-7H2,1-2H3,(H2,20,21,22)/t13-,15-,16-,19-/m1/s1. The first-order chi connectivity index (χ1) is 14.5. The molecule has 30 heavy (non-hydrogen) atoms. The van der Waals surface area contributed by atoms with Gasteiger partial charge in [-0.1, -0.05) is 6.07 Å². The summed E-state index contributed by atoms with van der Waals surface area (Å²) in [4.78, 5) is 12.3. The first-order valence-corrected chi connectivity index (χ1v) is 10.4. The second-order valence-electron chi connectivity index (χ2n) is 6.82. The van der Waals surface area contributed by atoms with Gasteiger partial charge in [-0.2, -0.15) is 11.8 Å². The molecule has 2 aromatic heterocycles. The first kappa shape index (κ1) is 20.7. The van der Waals surface area contributed by atoms with Crippen LogP contribution < -0.4 is 15.2 Å². The number of rotatable bonds is 7. The van der Waals surface area contributed by atoms with Crippen LogP contribution in [0.25, 0.3) is 11.2 Å². The number of imidazole rings is 1. The zero-order valence-electron chi connectivity index (χ0n) is 16.5. The van der Waals surface area contributed by atoms with Gasteiger partial charge in [0.05, 0.1) is 26.7 Å². The highest BCUT2D eigenvalue weighted by Crippen LogP contribution is 2.34. The van der Waals surface area contributed by atoms with Gasteiger partial charge in [0.15, 0.2) is 17.7 Å². The van der Waals surface area contributed by atoms with Crippen LogP contribution in [0.5, 0.6) is 11.5 Å². The fourth-order valence-electron chi connectivity index (χ4n) is 3.41. The lowest BCUT2D eigenvalue weighted by Crippen LogP contribution is -2.32. The van der Waals surface area contributed by atoms with Crippen LogP contribution in [0.15, 0.2) is 30.9 Å². The Morgan fingerprint density at radius 1 is 1.17 bits per heavy atom. The highest BCUT2D eigenvalue weighted by atomic mass is 32.2. The van der Waals surface area contributed by atoms with E-state index < -0.39 is 24.5 Å². The molecule has 160 valence electrons. The molecule has 1 fully saturated rings. The maximum absolute atomic E-state index is 10.5. The number of nitrogens with two attached hydrogens (primary N) is 1. The third-order valence-corrected chi connectivity index (χ3v) is 6.11. The molecule has 4 N–H and O–H groups in total. The molecule has 3 aromatic rings. The van der Waals surface area contributed by atoms with Crippen molar-refractivity contribution in [2.75, 3.05) is 25.7 Å². The number of anilines is 1. The molecule has 3 heterocycles. The minimum atomic E-state index is -1.13. The van der Waals surface area contributed by atoms with E-state index in [4.69, 9.17) is 19.9 Å². The summed E-state index contributed by atoms with van der Waals surface area (Å²) < 4.78 is 18.2. The van der Waals surface area contributed by atoms with E-state index in [1.165, 1.54) is 12.7 Å². The number of aliphatic hydroxyl groups is 2. The minimum Gasteiger partial charge on any atom is -0.497 e. The highest BCUT2D eigenvalue weighted by molar-refractivity contribution is 7.98. The molecule has 11 heteroatoms. The summed E-state index contributed by atoms with van der Waals surface area (Å²) in [5.74, 6) is 2.83. The maximum atomic E-state index is 10.5. The Morgan fingerprint density at radius 3 is 2.77 bits per heavy atom. The summed E-state index contributed by atoms with van der Waals surface area (Å²) in [6.45, 7) is 0. The summed E-state index contributed by atoms with van der Waals surface area (Å²) in [7, 11) is 3.22. The van der Waals surface area contributed by atoms with Gasteiger partial charge >= 0.3 is 0 Å². The first-order valence-electron chi connectivity index (χ1n) is 9.26. The Hall–Kier alpha value is -2.60. The average molecular weight is 433 g/mol. The molecule has 1 aliphatic heterocycles. The van der Waals surface area contributed by atoms with Gasteiger partial charge in [0.1, 0.15) is 35.6 Å². The molecule has 1 aromatic carbocycles. The number of nitrogen functional groups attached to an aromatic ring is 1. The van der Waals surface area contributed by atoms with E-state index in [-0.39, 0.29) is 5.82 Å². The van der Waals surface area contributed by atoms with Crippen LogP contribution in [-0.2, 0) is 10.5 Å². The van der Waals surface area contributed by atoms with Gasteiger partial charge in [0.25, 0.3) is 0 Å². The maximum Gasteiger partial charge on any atom is 0.167 e. The summed E-state index contributed by atoms with van der Waals surface area (Å²) >= 11 is 1.57. The molecule has 0 bridgehead atoms. The molecule has 0 unspecified atom stereocenters. The third-order valence-electron chi connectivity index (χ3n) is 5.03. The Labute approximate surface area is 177 Å². The van der Waals surface area contributed by atoms with Gasteiger partial charge in [-0.05, 0) is 6.07 Å². The van der Waals surface area contributed by atoms with E-state index in [0.717, 1.165) is 17.1 Å². The smallest absolute Gasteiger partial charge is 0.167 e. The molecule has 1 saturated heterocycles. The quantitative estimate of drug-likeness (QED) is 0.494. The highest BCUT2D eigenvalue weighted by Gasteiger charge is 2.44. The van der Waals surface area contributed by atoms with E-state index in [9.17, 15) is 10.2 Å². The van der Waals surface area contributed by atoms with Crippen molar-refractivity contribution in [3.8, 4) is 11.5 Å². The average Bonchev–Trinajstić information content (AvgIpc) is 3.31. The zero-order chi connectivity index (χ0) is 21.3. The van der Waals surface area contributed by atoms with Crippen molar-refractivity contribution in [1.29, 1.82) is 0 Å². The van der Waals surface area contributed by atoms with Crippen LogP contribution in [-0.4, -0.2) is 68.0 Å². The summed E-state index contributed by atoms with van der Waals surface area (Å²) in [5.41, 5.74) is 7.68. The Bertz CT molecular complexity index is 1030. The summed E-state index contributed by atoms with van der Waals surface area (Å²) in [5, 5.41) is 21.0. The Kier molecular flexibility index (Phi) is 5.95. The zero-order valence-corrected chi connectivity index (χ0v) is 17.3. The van der Waals surface area contributed by atoms with Crippen molar-refractivity contribution in [3.63, 3.8) is 0 Å². The topological polar surface area (TPSA) is 138 Å². The third kappa shape index (κ3) is 3.76. The van der Waals surface area contributed by atoms with Gasteiger partial charge < -0.3 is 30.2 Å². The van der Waals surface area contributed by atoms with Gasteiger partial charge in [-0.3, -0.25) is 4.57 Å². The SMILES string of the molecule is COc1ccc(CSC[C@H]2O[C@@H](n3cnc4c(N)ncnc43)[C@H](O)[C@@H]2O)c(OC)c1. The number of nitrogens with zero attached hydrogens (tertiary/aromatic N) is 4. The molecule has 0 amide bonds. The number of aromatic nitrogens is 4. The molecule has 0 spiro atoms. The van der Waals surface area contributed by atoms with Gasteiger partial charge in [-0.15, -0.1) is 0 Å². The summed E-state index contributed by atoms with van der Waals surface area (Å²) in [6.07, 6.45) is -0.745. The molecule has 1 aliphatic rings. The van der Waals surface area contributed by atoms with Crippen LogP contribution in [0, 0.1) is 0 Å². The van der Waals surface area contributed by atoms with Crippen molar-refractivity contribution in [2.24, 2.45) is 0 Å². The number of fused-ring (bicyclic) bond motifs is 1. The van der Waals surface area contributed by atoms with Crippen molar-refractivity contribution >= 4 is 28.7 Å². The molecule has 0 radical (unpaired) electrons. The molecular weight excluding hydrogens is 410 g/mol. The lowest BCUT2D eigenvalue weighted by Gasteiger charge is -2.16. The lowest BCUT2D eigenvalue weighted by atomic mass is 10.1. The molecule has 4 atom stereocenters. The predicted octanol–water partition coefficient (Wildman–Crippen LogP) is 0.978. The molecular formula is C19H23N5O5S. The molecule has 4 rings (SSSR count). The van der Waals surface area contributed by atoms with E-state index in [0.29, 0.717) is 22.7 Å². The van der Waals surface area contributed by atoms with E-state index in [1.54, 1.807) is 30.5 Å². The van der Waals surface area contributed by atoms with Crippen LogP contribution in [0.1, 0.15) is 11.8 Å². The van der Waals surface area contributed by atoms with Crippen molar-refractivity contribution < 1.29 is 24.4 Å². The van der Waals surface area contributed by atoms with Crippen LogP contribution >= 0.6 is 11.8 Å². The number of thioether (sulfide) groups is 1. The minimum absolute atomic E-state index is 0.243. The van der Waals surface area contributed by atoms with Gasteiger partial charge in [-0.25, -0.2) is 15.0 Å². The van der Waals surface area contributed by atoms with Crippen molar-refractivity contribution in [2.45, 2.75) is 30.3 Å². The largest absolute Gasteiger partial charge is 0.497 e. The number of ether oxygens (including phenoxy) is 3. The van der Waals surface area contributed by atoms with Gasteiger partial charge in [0, 0.05) is 23.1 Å². The normalized spacial score (nSPS) is 23.7. The number of hydrogen-bond donors (Lipinski definition) is 3. The molecule has 10 nitrogen and oxygen atoms in total. The second kappa shape index (κ2) is 8.64. The van der Waals surface area contributed by atoms with E-state index >= 15 is 0 Å². The van der Waals surface area contributed by atoms with Crippen molar-refractivity contribution in [1.82, 2.24) is 19.5 Å². The monoisotopic (exact) mass is 433 g/mol.